The first-order valence-electron chi connectivity index (χ1n) is 5.41. The molecule has 90 valence electrons. The fraction of sp³-hybridized carbons (Fsp3) is 0. The Morgan fingerprint density at radius 2 is 1.56 bits per heavy atom. The van der Waals surface area contributed by atoms with Crippen molar-refractivity contribution < 1.29 is 4.21 Å². The average molecular weight is 272 g/mol. The van der Waals surface area contributed by atoms with Gasteiger partial charge < -0.3 is 0 Å². The number of rotatable bonds is 4. The van der Waals surface area contributed by atoms with Crippen molar-refractivity contribution in [2.24, 2.45) is 0 Å². The van der Waals surface area contributed by atoms with Gasteiger partial charge in [0.25, 0.3) is 0 Å². The van der Waals surface area contributed by atoms with Crippen LogP contribution in [-0.4, -0.2) is 4.21 Å². The molecular formula is C15H12OS2. The Labute approximate surface area is 114 Å². The topological polar surface area (TPSA) is 17.1 Å². The molecule has 0 fully saturated rings. The molecule has 1 atom stereocenters. The van der Waals surface area contributed by atoms with Crippen LogP contribution >= 0.6 is 11.8 Å². The summed E-state index contributed by atoms with van der Waals surface area (Å²) in [6, 6.07) is 19.2. The van der Waals surface area contributed by atoms with E-state index in [1.165, 1.54) is 11.8 Å². The Kier molecular flexibility index (Phi) is 4.59. The largest absolute Gasteiger partial charge is 0.248 e. The second-order valence-electron chi connectivity index (χ2n) is 3.46. The zero-order valence-corrected chi connectivity index (χ0v) is 11.3. The van der Waals surface area contributed by atoms with Crippen molar-refractivity contribution in [2.45, 2.75) is 9.79 Å². The highest BCUT2D eigenvalue weighted by Gasteiger charge is 2.10. The number of thioether (sulfide) groups is 1. The molecule has 0 spiro atoms. The van der Waals surface area contributed by atoms with Crippen molar-refractivity contribution in [3.63, 3.8) is 0 Å². The third kappa shape index (κ3) is 3.23. The van der Waals surface area contributed by atoms with E-state index in [9.17, 15) is 4.21 Å². The van der Waals surface area contributed by atoms with Crippen LogP contribution in [0.25, 0.3) is 0 Å². The fourth-order valence-corrected chi connectivity index (χ4v) is 3.60. The standard InChI is InChI=1S/C15H12OS2/c1-2-15(17-13-9-5-3-6-10-13)18(16)14-11-7-4-8-12-14/h3-12H,1H2. The second kappa shape index (κ2) is 6.41. The lowest BCUT2D eigenvalue weighted by molar-refractivity contribution is 0.688. The van der Waals surface area contributed by atoms with Crippen molar-refractivity contribution in [3.8, 4) is 0 Å². The molecule has 2 aromatic rings. The Morgan fingerprint density at radius 1 is 1.00 bits per heavy atom. The lowest BCUT2D eigenvalue weighted by atomic mass is 10.4. The van der Waals surface area contributed by atoms with Gasteiger partial charge in [0.15, 0.2) is 0 Å². The summed E-state index contributed by atoms with van der Waals surface area (Å²) in [5.74, 6) is 0. The predicted octanol–water partition coefficient (Wildman–Crippen LogP) is 4.21. The van der Waals surface area contributed by atoms with E-state index in [1.807, 2.05) is 60.7 Å². The summed E-state index contributed by atoms with van der Waals surface area (Å²) in [6.07, 6.45) is 0. The van der Waals surface area contributed by atoms with E-state index in [0.29, 0.717) is 4.24 Å². The molecule has 1 unspecified atom stereocenters. The molecule has 3 heteroatoms. The Bertz CT molecular complexity index is 584. The van der Waals surface area contributed by atoms with E-state index in [4.69, 9.17) is 0 Å². The van der Waals surface area contributed by atoms with Crippen molar-refractivity contribution in [3.05, 3.63) is 77.2 Å². The number of benzene rings is 2. The summed E-state index contributed by atoms with van der Waals surface area (Å²) < 4.78 is 13.0. The van der Waals surface area contributed by atoms with E-state index in [1.54, 1.807) is 0 Å². The van der Waals surface area contributed by atoms with Gasteiger partial charge >= 0.3 is 0 Å². The van der Waals surface area contributed by atoms with Crippen molar-refractivity contribution in [2.75, 3.05) is 0 Å². The lowest BCUT2D eigenvalue weighted by Crippen LogP contribution is -1.91. The van der Waals surface area contributed by atoms with Crippen LogP contribution in [0.3, 0.4) is 0 Å². The van der Waals surface area contributed by atoms with Gasteiger partial charge in [0.2, 0.25) is 0 Å². The van der Waals surface area contributed by atoms with Crippen LogP contribution in [-0.2, 0) is 10.8 Å². The quantitative estimate of drug-likeness (QED) is 0.612. The Hall–Kier alpha value is -1.54. The molecule has 18 heavy (non-hydrogen) atoms. The normalized spacial score (nSPS) is 11.6. The maximum absolute atomic E-state index is 12.3. The van der Waals surface area contributed by atoms with E-state index < -0.39 is 10.8 Å². The number of hydrogen-bond donors (Lipinski definition) is 0. The van der Waals surface area contributed by atoms with Crippen LogP contribution in [0.2, 0.25) is 0 Å². The minimum Gasteiger partial charge on any atom is -0.248 e. The van der Waals surface area contributed by atoms with Crippen LogP contribution < -0.4 is 0 Å². The van der Waals surface area contributed by atoms with Crippen molar-refractivity contribution >= 4 is 22.6 Å². The maximum Gasteiger partial charge on any atom is 0.123 e. The van der Waals surface area contributed by atoms with E-state index in [-0.39, 0.29) is 0 Å². The smallest absolute Gasteiger partial charge is 0.123 e. The molecule has 0 radical (unpaired) electrons. The van der Waals surface area contributed by atoms with E-state index in [0.717, 1.165) is 9.79 Å². The molecule has 2 rings (SSSR count). The van der Waals surface area contributed by atoms with Crippen molar-refractivity contribution in [1.29, 1.82) is 0 Å². The molecule has 0 aliphatic rings. The first-order chi connectivity index (χ1) is 8.81. The first-order valence-corrected chi connectivity index (χ1v) is 7.37. The van der Waals surface area contributed by atoms with Gasteiger partial charge in [0, 0.05) is 9.79 Å². The third-order valence-corrected chi connectivity index (χ3v) is 4.95. The van der Waals surface area contributed by atoms with Crippen LogP contribution in [0, 0.1) is 0 Å². The molecule has 0 heterocycles. The van der Waals surface area contributed by atoms with Crippen LogP contribution in [0.1, 0.15) is 0 Å². The molecule has 0 saturated carbocycles. The Balaban J connectivity index is 2.21. The van der Waals surface area contributed by atoms with Gasteiger partial charge in [0.05, 0.1) is 10.8 Å². The Morgan fingerprint density at radius 3 is 2.11 bits per heavy atom. The summed E-state index contributed by atoms with van der Waals surface area (Å²) in [7, 11) is -1.22. The summed E-state index contributed by atoms with van der Waals surface area (Å²) in [5.41, 5.74) is 2.78. The highest BCUT2D eigenvalue weighted by Crippen LogP contribution is 2.30. The summed E-state index contributed by atoms with van der Waals surface area (Å²) in [5, 5.41) is 0. The van der Waals surface area contributed by atoms with Gasteiger partial charge in [0.1, 0.15) is 4.24 Å². The zero-order chi connectivity index (χ0) is 12.8. The minimum atomic E-state index is -1.22. The van der Waals surface area contributed by atoms with Crippen LogP contribution in [0.15, 0.2) is 87.0 Å². The highest BCUT2D eigenvalue weighted by atomic mass is 32.2. The van der Waals surface area contributed by atoms with E-state index >= 15 is 0 Å². The molecule has 0 N–H and O–H groups in total. The molecule has 2 aromatic carbocycles. The summed E-state index contributed by atoms with van der Waals surface area (Å²) >= 11 is 1.43. The average Bonchev–Trinajstić information content (AvgIpc) is 2.46. The van der Waals surface area contributed by atoms with Gasteiger partial charge in [-0.25, -0.2) is 4.21 Å². The SMILES string of the molecule is C=C=C(Sc1ccccc1)S(=O)c1ccccc1. The van der Waals surface area contributed by atoms with Gasteiger partial charge in [-0.15, -0.1) is 5.73 Å². The zero-order valence-electron chi connectivity index (χ0n) is 9.71. The molecular weight excluding hydrogens is 260 g/mol. The predicted molar refractivity (Wildman–Crippen MR) is 77.8 cm³/mol. The summed E-state index contributed by atoms with van der Waals surface area (Å²) in [4.78, 5) is 1.81. The second-order valence-corrected chi connectivity index (χ2v) is 6.22. The molecule has 0 amide bonds. The van der Waals surface area contributed by atoms with E-state index in [2.05, 4.69) is 12.3 Å². The minimum absolute atomic E-state index is 0.632. The van der Waals surface area contributed by atoms with Gasteiger partial charge in [-0.05, 0) is 24.3 Å². The first kappa shape index (κ1) is 12.9. The molecule has 0 saturated heterocycles. The van der Waals surface area contributed by atoms with Gasteiger partial charge in [-0.1, -0.05) is 54.7 Å². The molecule has 0 aliphatic carbocycles. The van der Waals surface area contributed by atoms with Crippen LogP contribution in [0.5, 0.6) is 0 Å². The van der Waals surface area contributed by atoms with Gasteiger partial charge in [-0.2, -0.15) is 0 Å². The monoisotopic (exact) mass is 272 g/mol. The maximum atomic E-state index is 12.3. The highest BCUT2D eigenvalue weighted by molar-refractivity contribution is 8.16. The molecule has 0 bridgehead atoms. The van der Waals surface area contributed by atoms with Gasteiger partial charge in [-0.3, -0.25) is 0 Å². The third-order valence-electron chi connectivity index (χ3n) is 2.22. The summed E-state index contributed by atoms with van der Waals surface area (Å²) in [6.45, 7) is 3.63. The number of hydrogen-bond acceptors (Lipinski definition) is 2. The lowest BCUT2D eigenvalue weighted by Gasteiger charge is -2.04. The fourth-order valence-electron chi connectivity index (χ4n) is 1.39. The molecule has 1 nitrogen and oxygen atoms in total. The van der Waals surface area contributed by atoms with Crippen LogP contribution in [0.4, 0.5) is 0 Å². The van der Waals surface area contributed by atoms with Crippen molar-refractivity contribution in [1.82, 2.24) is 0 Å². The molecule has 0 aromatic heterocycles. The molecule has 0 aliphatic heterocycles.